The fourth-order valence-corrected chi connectivity index (χ4v) is 0.428. The SMILES string of the molecule is CC=C[PH](=O)O.Cl. The Bertz CT molecular complexity index is 81.0. The Morgan fingerprint density at radius 2 is 2.14 bits per heavy atom. The van der Waals surface area contributed by atoms with Crippen LogP contribution in [0.3, 0.4) is 0 Å². The van der Waals surface area contributed by atoms with Gasteiger partial charge in [-0.1, -0.05) is 6.08 Å². The van der Waals surface area contributed by atoms with Crippen molar-refractivity contribution in [2.24, 2.45) is 0 Å². The average Bonchev–Trinajstić information content (AvgIpc) is 1.35. The molecule has 0 saturated carbocycles. The summed E-state index contributed by atoms with van der Waals surface area (Å²) in [5.41, 5.74) is 0. The Labute approximate surface area is 49.5 Å². The molecule has 0 bridgehead atoms. The van der Waals surface area contributed by atoms with Gasteiger partial charge in [0.2, 0.25) is 8.03 Å². The van der Waals surface area contributed by atoms with Gasteiger partial charge in [-0.3, -0.25) is 4.57 Å². The molecule has 0 amide bonds. The maximum atomic E-state index is 9.70. The van der Waals surface area contributed by atoms with Gasteiger partial charge in [0, 0.05) is 0 Å². The molecule has 0 saturated heterocycles. The van der Waals surface area contributed by atoms with Crippen LogP contribution in [0.1, 0.15) is 6.92 Å². The monoisotopic (exact) mass is 142 g/mol. The summed E-state index contributed by atoms with van der Waals surface area (Å²) in [6.45, 7) is 1.71. The van der Waals surface area contributed by atoms with Crippen LogP contribution in [0, 0.1) is 0 Å². The Morgan fingerprint density at radius 3 is 2.14 bits per heavy atom. The molecule has 0 rings (SSSR count). The summed E-state index contributed by atoms with van der Waals surface area (Å²) in [5, 5.41) is 0. The predicted molar refractivity (Wildman–Crippen MR) is 33.3 cm³/mol. The molecule has 0 spiro atoms. The minimum absolute atomic E-state index is 0. The predicted octanol–water partition coefficient (Wildman–Crippen LogP) is 1.41. The van der Waals surface area contributed by atoms with E-state index in [0.717, 1.165) is 0 Å². The van der Waals surface area contributed by atoms with Crippen molar-refractivity contribution in [2.45, 2.75) is 6.92 Å². The molecule has 0 aromatic heterocycles. The fourth-order valence-electron chi connectivity index (χ4n) is 0.143. The minimum Gasteiger partial charge on any atom is -0.344 e. The van der Waals surface area contributed by atoms with Gasteiger partial charge in [0.15, 0.2) is 0 Å². The van der Waals surface area contributed by atoms with Crippen molar-refractivity contribution in [3.05, 3.63) is 11.9 Å². The number of hydrogen-bond donors (Lipinski definition) is 1. The van der Waals surface area contributed by atoms with Crippen LogP contribution < -0.4 is 0 Å². The smallest absolute Gasteiger partial charge is 0.210 e. The number of hydrogen-bond acceptors (Lipinski definition) is 1. The summed E-state index contributed by atoms with van der Waals surface area (Å²) in [6.07, 6.45) is 1.56. The standard InChI is InChI=1S/C3H7O2P.ClH/c1-2-3-6(4)5;/h2-3,6H,1H3,(H,4,5);1H. The molecule has 4 heteroatoms. The normalized spacial score (nSPS) is 13.4. The molecule has 0 radical (unpaired) electrons. The van der Waals surface area contributed by atoms with Crippen LogP contribution in [0.5, 0.6) is 0 Å². The van der Waals surface area contributed by atoms with Gasteiger partial charge in [-0.05, 0) is 12.7 Å². The van der Waals surface area contributed by atoms with Gasteiger partial charge in [0.1, 0.15) is 0 Å². The van der Waals surface area contributed by atoms with Crippen LogP contribution in [-0.4, -0.2) is 4.89 Å². The molecule has 1 N–H and O–H groups in total. The lowest BCUT2D eigenvalue weighted by atomic mass is 10.8. The van der Waals surface area contributed by atoms with Crippen molar-refractivity contribution < 1.29 is 9.46 Å². The largest absolute Gasteiger partial charge is 0.344 e. The number of halogens is 1. The molecule has 0 aromatic carbocycles. The second-order valence-electron chi connectivity index (χ2n) is 0.838. The third-order valence-corrected chi connectivity index (χ3v) is 0.928. The van der Waals surface area contributed by atoms with Gasteiger partial charge in [0.05, 0.1) is 0 Å². The summed E-state index contributed by atoms with van der Waals surface area (Å²) in [7, 11) is -2.32. The van der Waals surface area contributed by atoms with Gasteiger partial charge >= 0.3 is 0 Å². The van der Waals surface area contributed by atoms with Gasteiger partial charge in [-0.25, -0.2) is 0 Å². The Kier molecular flexibility index (Phi) is 9.11. The van der Waals surface area contributed by atoms with E-state index in [4.69, 9.17) is 4.89 Å². The number of allylic oxidation sites excluding steroid dienone is 1. The van der Waals surface area contributed by atoms with Crippen molar-refractivity contribution in [3.63, 3.8) is 0 Å². The van der Waals surface area contributed by atoms with E-state index in [1.165, 1.54) is 5.82 Å². The highest BCUT2D eigenvalue weighted by Gasteiger charge is 1.71. The zero-order valence-electron chi connectivity index (χ0n) is 3.92. The molecule has 0 aliphatic rings. The van der Waals surface area contributed by atoms with Gasteiger partial charge in [-0.15, -0.1) is 12.4 Å². The molecule has 44 valence electrons. The lowest BCUT2D eigenvalue weighted by Gasteiger charge is -1.70. The second kappa shape index (κ2) is 6.22. The summed E-state index contributed by atoms with van der Waals surface area (Å²) < 4.78 is 9.70. The fraction of sp³-hybridized carbons (Fsp3) is 0.333. The van der Waals surface area contributed by atoms with Crippen LogP contribution in [-0.2, 0) is 4.57 Å². The maximum absolute atomic E-state index is 9.70. The van der Waals surface area contributed by atoms with Crippen molar-refractivity contribution in [1.29, 1.82) is 0 Å². The van der Waals surface area contributed by atoms with Crippen molar-refractivity contribution in [3.8, 4) is 0 Å². The minimum atomic E-state index is -2.32. The molecule has 0 aliphatic carbocycles. The summed E-state index contributed by atoms with van der Waals surface area (Å²) in [6, 6.07) is 0. The van der Waals surface area contributed by atoms with E-state index < -0.39 is 8.03 Å². The van der Waals surface area contributed by atoms with E-state index in [1.54, 1.807) is 13.0 Å². The van der Waals surface area contributed by atoms with Crippen molar-refractivity contribution in [1.82, 2.24) is 0 Å². The highest BCUT2D eigenvalue weighted by molar-refractivity contribution is 7.41. The topological polar surface area (TPSA) is 37.3 Å². The molecule has 0 heterocycles. The quantitative estimate of drug-likeness (QED) is 0.562. The Morgan fingerprint density at radius 1 is 1.71 bits per heavy atom. The summed E-state index contributed by atoms with van der Waals surface area (Å²) >= 11 is 0. The first-order valence-electron chi connectivity index (χ1n) is 1.63. The maximum Gasteiger partial charge on any atom is 0.210 e. The van der Waals surface area contributed by atoms with E-state index in [2.05, 4.69) is 0 Å². The van der Waals surface area contributed by atoms with Gasteiger partial charge < -0.3 is 4.89 Å². The van der Waals surface area contributed by atoms with E-state index in [0.29, 0.717) is 0 Å². The highest BCUT2D eigenvalue weighted by Crippen LogP contribution is 2.12. The second-order valence-corrected chi connectivity index (χ2v) is 1.85. The summed E-state index contributed by atoms with van der Waals surface area (Å²) in [5.74, 6) is 1.27. The van der Waals surface area contributed by atoms with Crippen LogP contribution in [0.2, 0.25) is 0 Å². The number of rotatable bonds is 1. The lowest BCUT2D eigenvalue weighted by Crippen LogP contribution is -1.41. The molecular formula is C3H8ClO2P. The third-order valence-electron chi connectivity index (χ3n) is 0.309. The zero-order valence-corrected chi connectivity index (χ0v) is 5.73. The first-order chi connectivity index (χ1) is 2.77. The van der Waals surface area contributed by atoms with Gasteiger partial charge in [0.25, 0.3) is 0 Å². The lowest BCUT2D eigenvalue weighted by molar-refractivity contribution is 0.512. The molecular weight excluding hydrogens is 134 g/mol. The van der Waals surface area contributed by atoms with Crippen LogP contribution in [0.25, 0.3) is 0 Å². The van der Waals surface area contributed by atoms with Crippen molar-refractivity contribution in [2.75, 3.05) is 0 Å². The average molecular weight is 143 g/mol. The Hall–Kier alpha value is 0.220. The third kappa shape index (κ3) is 10.7. The van der Waals surface area contributed by atoms with E-state index >= 15 is 0 Å². The Balaban J connectivity index is 0. The van der Waals surface area contributed by atoms with Gasteiger partial charge in [-0.2, -0.15) is 0 Å². The van der Waals surface area contributed by atoms with E-state index in [9.17, 15) is 4.57 Å². The van der Waals surface area contributed by atoms with E-state index in [-0.39, 0.29) is 12.4 Å². The molecule has 0 aromatic rings. The van der Waals surface area contributed by atoms with Crippen molar-refractivity contribution >= 4 is 20.4 Å². The van der Waals surface area contributed by atoms with Crippen LogP contribution in [0.4, 0.5) is 0 Å². The first kappa shape index (κ1) is 10.3. The molecule has 0 aliphatic heterocycles. The molecule has 7 heavy (non-hydrogen) atoms. The zero-order chi connectivity index (χ0) is 4.99. The molecule has 1 unspecified atom stereocenters. The molecule has 0 fully saturated rings. The first-order valence-corrected chi connectivity index (χ1v) is 3.06. The molecule has 2 nitrogen and oxygen atoms in total. The summed E-state index contributed by atoms with van der Waals surface area (Å²) in [4.78, 5) is 8.01. The van der Waals surface area contributed by atoms with Crippen LogP contribution in [0.15, 0.2) is 11.9 Å². The van der Waals surface area contributed by atoms with E-state index in [1.807, 2.05) is 0 Å². The van der Waals surface area contributed by atoms with Crippen LogP contribution >= 0.6 is 20.4 Å². The molecule has 1 atom stereocenters. The highest BCUT2D eigenvalue weighted by atomic mass is 35.5.